The number of aliphatic carboxylic acids is 1. The van der Waals surface area contributed by atoms with Gasteiger partial charge in [-0.25, -0.2) is 14.2 Å². The van der Waals surface area contributed by atoms with Crippen molar-refractivity contribution in [3.63, 3.8) is 0 Å². The maximum absolute atomic E-state index is 13.1. The molecular formula is C13H10FNO2S. The van der Waals surface area contributed by atoms with Crippen LogP contribution in [-0.4, -0.2) is 16.1 Å². The Morgan fingerprint density at radius 1 is 1.50 bits per heavy atom. The number of benzene rings is 1. The molecule has 0 radical (unpaired) electrons. The van der Waals surface area contributed by atoms with Gasteiger partial charge in [0.2, 0.25) is 0 Å². The standard InChI is InChI=1S/C13H10FNO2S/c1-8-13(9-3-2-4-10(14)7-9)15-11(18-8)5-6-12(16)17/h2-7H,1H3,(H,16,17)/b6-5+. The van der Waals surface area contributed by atoms with Gasteiger partial charge in [0.15, 0.2) is 0 Å². The Morgan fingerprint density at radius 3 is 2.94 bits per heavy atom. The number of hydrogen-bond acceptors (Lipinski definition) is 3. The smallest absolute Gasteiger partial charge is 0.328 e. The van der Waals surface area contributed by atoms with E-state index in [1.54, 1.807) is 12.1 Å². The second kappa shape index (κ2) is 5.10. The van der Waals surface area contributed by atoms with Crippen molar-refractivity contribution in [1.29, 1.82) is 0 Å². The molecule has 92 valence electrons. The lowest BCUT2D eigenvalue weighted by Crippen LogP contribution is -1.85. The number of nitrogens with zero attached hydrogens (tertiary/aromatic N) is 1. The van der Waals surface area contributed by atoms with Crippen molar-refractivity contribution >= 4 is 23.4 Å². The van der Waals surface area contributed by atoms with Crippen LogP contribution in [-0.2, 0) is 4.79 Å². The van der Waals surface area contributed by atoms with Crippen molar-refractivity contribution in [2.45, 2.75) is 6.92 Å². The molecule has 1 N–H and O–H groups in total. The molecule has 0 amide bonds. The molecule has 0 spiro atoms. The molecule has 3 nitrogen and oxygen atoms in total. The number of rotatable bonds is 3. The van der Waals surface area contributed by atoms with E-state index in [2.05, 4.69) is 4.98 Å². The quantitative estimate of drug-likeness (QED) is 0.864. The first kappa shape index (κ1) is 12.4. The molecule has 2 aromatic rings. The van der Waals surface area contributed by atoms with Crippen LogP contribution in [0.1, 0.15) is 9.88 Å². The van der Waals surface area contributed by atoms with Crippen molar-refractivity contribution in [2.75, 3.05) is 0 Å². The summed E-state index contributed by atoms with van der Waals surface area (Å²) in [6, 6.07) is 6.18. The predicted molar refractivity (Wildman–Crippen MR) is 68.9 cm³/mol. The van der Waals surface area contributed by atoms with E-state index < -0.39 is 5.97 Å². The Morgan fingerprint density at radius 2 is 2.28 bits per heavy atom. The fourth-order valence-electron chi connectivity index (χ4n) is 1.53. The van der Waals surface area contributed by atoms with Crippen molar-refractivity contribution < 1.29 is 14.3 Å². The van der Waals surface area contributed by atoms with E-state index in [0.29, 0.717) is 16.3 Å². The Bertz CT molecular complexity index is 619. The fourth-order valence-corrected chi connectivity index (χ4v) is 2.38. The second-order valence-corrected chi connectivity index (χ2v) is 4.87. The molecule has 0 saturated heterocycles. The van der Waals surface area contributed by atoms with E-state index in [9.17, 15) is 9.18 Å². The number of carboxylic acid groups (broad SMARTS) is 1. The van der Waals surface area contributed by atoms with Gasteiger partial charge in [-0.2, -0.15) is 0 Å². The summed E-state index contributed by atoms with van der Waals surface area (Å²) in [5, 5.41) is 9.14. The van der Waals surface area contributed by atoms with Crippen LogP contribution >= 0.6 is 11.3 Å². The molecule has 0 aliphatic rings. The summed E-state index contributed by atoms with van der Waals surface area (Å²) in [4.78, 5) is 15.6. The maximum atomic E-state index is 13.1. The molecule has 0 bridgehead atoms. The molecule has 0 aliphatic carbocycles. The molecule has 2 rings (SSSR count). The highest BCUT2D eigenvalue weighted by molar-refractivity contribution is 7.12. The zero-order valence-corrected chi connectivity index (χ0v) is 10.4. The lowest BCUT2D eigenvalue weighted by Gasteiger charge is -1.97. The van der Waals surface area contributed by atoms with E-state index in [1.165, 1.54) is 29.5 Å². The fraction of sp³-hybridized carbons (Fsp3) is 0.0769. The summed E-state index contributed by atoms with van der Waals surface area (Å²) in [6.07, 6.45) is 2.47. The predicted octanol–water partition coefficient (Wildman–Crippen LogP) is 3.36. The molecule has 18 heavy (non-hydrogen) atoms. The molecule has 1 heterocycles. The summed E-state index contributed by atoms with van der Waals surface area (Å²) in [5.74, 6) is -1.34. The van der Waals surface area contributed by atoms with Crippen LogP contribution in [0.15, 0.2) is 30.3 Å². The summed E-state index contributed by atoms with van der Waals surface area (Å²) >= 11 is 1.37. The number of carbonyl (C=O) groups is 1. The van der Waals surface area contributed by atoms with Crippen LogP contribution in [0.2, 0.25) is 0 Å². The van der Waals surface area contributed by atoms with Crippen LogP contribution in [0.25, 0.3) is 17.3 Å². The normalized spacial score (nSPS) is 11.0. The highest BCUT2D eigenvalue weighted by Gasteiger charge is 2.09. The van der Waals surface area contributed by atoms with Crippen molar-refractivity contribution in [2.24, 2.45) is 0 Å². The average molecular weight is 263 g/mol. The minimum Gasteiger partial charge on any atom is -0.478 e. The third-order valence-electron chi connectivity index (χ3n) is 2.28. The zero-order chi connectivity index (χ0) is 13.1. The monoisotopic (exact) mass is 263 g/mol. The summed E-state index contributed by atoms with van der Waals surface area (Å²) < 4.78 is 13.1. The Kier molecular flexibility index (Phi) is 3.53. The number of aryl methyl sites for hydroxylation is 1. The van der Waals surface area contributed by atoms with Crippen LogP contribution in [0.3, 0.4) is 0 Å². The lowest BCUT2D eigenvalue weighted by atomic mass is 10.1. The average Bonchev–Trinajstić information content (AvgIpc) is 2.68. The van der Waals surface area contributed by atoms with E-state index in [4.69, 9.17) is 5.11 Å². The highest BCUT2D eigenvalue weighted by atomic mass is 32.1. The molecule has 0 atom stereocenters. The van der Waals surface area contributed by atoms with Gasteiger partial charge in [-0.3, -0.25) is 0 Å². The maximum Gasteiger partial charge on any atom is 0.328 e. The Hall–Kier alpha value is -2.01. The number of thiazole rings is 1. The van der Waals surface area contributed by atoms with Gasteiger partial charge in [0.25, 0.3) is 0 Å². The third-order valence-corrected chi connectivity index (χ3v) is 3.22. The molecule has 0 fully saturated rings. The third kappa shape index (κ3) is 2.81. The van der Waals surface area contributed by atoms with Crippen molar-refractivity contribution in [3.8, 4) is 11.3 Å². The number of aromatic nitrogens is 1. The first-order valence-corrected chi connectivity index (χ1v) is 6.02. The molecule has 0 saturated carbocycles. The minimum absolute atomic E-state index is 0.317. The van der Waals surface area contributed by atoms with Crippen LogP contribution < -0.4 is 0 Å². The SMILES string of the molecule is Cc1sc(/C=C/C(=O)O)nc1-c1cccc(F)c1. The summed E-state index contributed by atoms with van der Waals surface area (Å²) in [7, 11) is 0. The van der Waals surface area contributed by atoms with Gasteiger partial charge < -0.3 is 5.11 Å². The Labute approximate surface area is 107 Å². The molecule has 1 aromatic heterocycles. The van der Waals surface area contributed by atoms with Crippen LogP contribution in [0.4, 0.5) is 4.39 Å². The molecular weight excluding hydrogens is 253 g/mol. The first-order chi connectivity index (χ1) is 8.56. The van der Waals surface area contributed by atoms with E-state index in [-0.39, 0.29) is 5.82 Å². The number of halogens is 1. The zero-order valence-electron chi connectivity index (χ0n) is 9.55. The molecule has 1 aromatic carbocycles. The number of hydrogen-bond donors (Lipinski definition) is 1. The van der Waals surface area contributed by atoms with Gasteiger partial charge in [-0.15, -0.1) is 11.3 Å². The van der Waals surface area contributed by atoms with Gasteiger partial charge in [-0.1, -0.05) is 12.1 Å². The lowest BCUT2D eigenvalue weighted by molar-refractivity contribution is -0.131. The van der Waals surface area contributed by atoms with Gasteiger partial charge in [0, 0.05) is 16.5 Å². The van der Waals surface area contributed by atoms with Crippen molar-refractivity contribution in [1.82, 2.24) is 4.98 Å². The molecule has 5 heteroatoms. The highest BCUT2D eigenvalue weighted by Crippen LogP contribution is 2.28. The van der Waals surface area contributed by atoms with Crippen LogP contribution in [0, 0.1) is 12.7 Å². The van der Waals surface area contributed by atoms with Gasteiger partial charge in [0.1, 0.15) is 10.8 Å². The first-order valence-electron chi connectivity index (χ1n) is 5.20. The summed E-state index contributed by atoms with van der Waals surface area (Å²) in [5.41, 5.74) is 1.38. The minimum atomic E-state index is -1.02. The van der Waals surface area contributed by atoms with Crippen molar-refractivity contribution in [3.05, 3.63) is 46.0 Å². The van der Waals surface area contributed by atoms with E-state index in [0.717, 1.165) is 11.0 Å². The number of carboxylic acids is 1. The topological polar surface area (TPSA) is 50.2 Å². The largest absolute Gasteiger partial charge is 0.478 e. The van der Waals surface area contributed by atoms with E-state index in [1.807, 2.05) is 6.92 Å². The van der Waals surface area contributed by atoms with Gasteiger partial charge >= 0.3 is 5.97 Å². The second-order valence-electron chi connectivity index (χ2n) is 3.64. The van der Waals surface area contributed by atoms with Crippen LogP contribution in [0.5, 0.6) is 0 Å². The Balaban J connectivity index is 2.38. The molecule has 0 aliphatic heterocycles. The van der Waals surface area contributed by atoms with E-state index >= 15 is 0 Å². The van der Waals surface area contributed by atoms with Gasteiger partial charge in [0.05, 0.1) is 5.69 Å². The molecule has 0 unspecified atom stereocenters. The summed E-state index contributed by atoms with van der Waals surface area (Å²) in [6.45, 7) is 1.87. The van der Waals surface area contributed by atoms with Gasteiger partial charge in [-0.05, 0) is 25.1 Å².